The van der Waals surface area contributed by atoms with Gasteiger partial charge in [0.15, 0.2) is 5.82 Å². The fourth-order valence-corrected chi connectivity index (χ4v) is 3.44. The maximum Gasteiger partial charge on any atom is 0.235 e. The first-order valence-corrected chi connectivity index (χ1v) is 8.65. The van der Waals surface area contributed by atoms with Gasteiger partial charge in [0, 0.05) is 16.1 Å². The highest BCUT2D eigenvalue weighted by molar-refractivity contribution is 7.19. The van der Waals surface area contributed by atoms with E-state index in [1.54, 1.807) is 4.52 Å². The van der Waals surface area contributed by atoms with E-state index in [9.17, 15) is 0 Å². The molecule has 2 aromatic carbocycles. The van der Waals surface area contributed by atoms with Gasteiger partial charge in [0.25, 0.3) is 0 Å². The Labute approximate surface area is 147 Å². The third-order valence-corrected chi connectivity index (χ3v) is 4.67. The second kappa shape index (κ2) is 6.22. The first-order chi connectivity index (χ1) is 11.7. The van der Waals surface area contributed by atoms with Crippen LogP contribution >= 0.6 is 22.9 Å². The summed E-state index contributed by atoms with van der Waals surface area (Å²) in [4.78, 5) is 0.744. The number of benzene rings is 2. The molecular formula is C17H13ClN4OS. The molecule has 0 bridgehead atoms. The Morgan fingerprint density at radius 1 is 1.08 bits per heavy atom. The Bertz CT molecular complexity index is 993. The van der Waals surface area contributed by atoms with Crippen LogP contribution in [0.15, 0.2) is 48.5 Å². The van der Waals surface area contributed by atoms with Gasteiger partial charge in [0.1, 0.15) is 10.8 Å². The number of rotatable bonds is 4. The van der Waals surface area contributed by atoms with Gasteiger partial charge in [0.2, 0.25) is 4.96 Å². The first kappa shape index (κ1) is 15.1. The fraction of sp³-hybridized carbons (Fsp3) is 0.118. The summed E-state index contributed by atoms with van der Waals surface area (Å²) in [5.41, 5.74) is 1.91. The highest BCUT2D eigenvalue weighted by atomic mass is 35.5. The first-order valence-electron chi connectivity index (χ1n) is 7.46. The molecule has 120 valence electrons. The number of fused-ring (bicyclic) bond motifs is 1. The number of halogens is 1. The van der Waals surface area contributed by atoms with Gasteiger partial charge < -0.3 is 4.74 Å². The smallest absolute Gasteiger partial charge is 0.235 e. The Morgan fingerprint density at radius 2 is 1.92 bits per heavy atom. The molecule has 0 N–H and O–H groups in total. The Hall–Kier alpha value is -2.44. The van der Waals surface area contributed by atoms with Crippen LogP contribution < -0.4 is 4.74 Å². The standard InChI is InChI=1S/C17H13ClN4OS/c1-2-23-14-8-6-11(7-9-14)16-21-22-15(19-20-17(22)24-16)12-4-3-5-13(18)10-12/h3-10H,2H2,1H3. The highest BCUT2D eigenvalue weighted by Gasteiger charge is 2.14. The molecule has 2 aromatic heterocycles. The predicted molar refractivity (Wildman–Crippen MR) is 95.7 cm³/mol. The molecule has 7 heteroatoms. The van der Waals surface area contributed by atoms with Crippen LogP contribution in [0.1, 0.15) is 6.92 Å². The number of aromatic nitrogens is 4. The lowest BCUT2D eigenvalue weighted by atomic mass is 10.2. The zero-order valence-electron chi connectivity index (χ0n) is 12.8. The summed E-state index contributed by atoms with van der Waals surface area (Å²) in [6.07, 6.45) is 0. The van der Waals surface area contributed by atoms with E-state index in [4.69, 9.17) is 16.3 Å². The summed E-state index contributed by atoms with van der Waals surface area (Å²) in [5.74, 6) is 1.53. The summed E-state index contributed by atoms with van der Waals surface area (Å²) in [5, 5.41) is 14.6. The van der Waals surface area contributed by atoms with E-state index in [0.717, 1.165) is 26.8 Å². The molecular weight excluding hydrogens is 344 g/mol. The van der Waals surface area contributed by atoms with Gasteiger partial charge in [-0.25, -0.2) is 0 Å². The van der Waals surface area contributed by atoms with Gasteiger partial charge in [-0.05, 0) is 43.3 Å². The van der Waals surface area contributed by atoms with Gasteiger partial charge in [-0.15, -0.1) is 10.2 Å². The van der Waals surface area contributed by atoms with Crippen molar-refractivity contribution >= 4 is 27.9 Å². The lowest BCUT2D eigenvalue weighted by Gasteiger charge is -2.02. The van der Waals surface area contributed by atoms with Gasteiger partial charge >= 0.3 is 0 Å². The van der Waals surface area contributed by atoms with E-state index in [1.165, 1.54) is 11.3 Å². The zero-order valence-corrected chi connectivity index (χ0v) is 14.4. The van der Waals surface area contributed by atoms with E-state index in [2.05, 4.69) is 15.3 Å². The molecule has 4 aromatic rings. The highest BCUT2D eigenvalue weighted by Crippen LogP contribution is 2.29. The topological polar surface area (TPSA) is 52.3 Å². The average Bonchev–Trinajstić information content (AvgIpc) is 3.16. The normalized spacial score (nSPS) is 11.1. The van der Waals surface area contributed by atoms with Crippen molar-refractivity contribution in [1.29, 1.82) is 0 Å². The average molecular weight is 357 g/mol. The molecule has 0 radical (unpaired) electrons. The van der Waals surface area contributed by atoms with Gasteiger partial charge in [-0.2, -0.15) is 9.61 Å². The van der Waals surface area contributed by atoms with E-state index >= 15 is 0 Å². The molecule has 0 amide bonds. The number of hydrogen-bond acceptors (Lipinski definition) is 5. The largest absolute Gasteiger partial charge is 0.494 e. The molecule has 0 saturated heterocycles. The van der Waals surface area contributed by atoms with Crippen LogP contribution in [0.5, 0.6) is 5.75 Å². The van der Waals surface area contributed by atoms with E-state index in [-0.39, 0.29) is 0 Å². The Balaban J connectivity index is 1.74. The lowest BCUT2D eigenvalue weighted by molar-refractivity contribution is 0.340. The molecule has 0 saturated carbocycles. The van der Waals surface area contributed by atoms with Gasteiger partial charge in [0.05, 0.1) is 6.61 Å². The molecule has 2 heterocycles. The van der Waals surface area contributed by atoms with Crippen LogP contribution in [0, 0.1) is 0 Å². The number of nitrogens with zero attached hydrogens (tertiary/aromatic N) is 4. The molecule has 0 spiro atoms. The minimum Gasteiger partial charge on any atom is -0.494 e. The van der Waals surface area contributed by atoms with Crippen molar-refractivity contribution in [3.63, 3.8) is 0 Å². The van der Waals surface area contributed by atoms with Crippen LogP contribution in [-0.2, 0) is 0 Å². The van der Waals surface area contributed by atoms with Crippen LogP contribution in [0.25, 0.3) is 26.9 Å². The van der Waals surface area contributed by atoms with E-state index in [1.807, 2.05) is 55.5 Å². The maximum absolute atomic E-state index is 6.07. The van der Waals surface area contributed by atoms with Crippen LogP contribution in [0.3, 0.4) is 0 Å². The Morgan fingerprint density at radius 3 is 2.67 bits per heavy atom. The third kappa shape index (κ3) is 2.74. The van der Waals surface area contributed by atoms with E-state index in [0.29, 0.717) is 17.5 Å². The summed E-state index contributed by atoms with van der Waals surface area (Å²) in [7, 11) is 0. The van der Waals surface area contributed by atoms with Crippen molar-refractivity contribution in [3.8, 4) is 27.7 Å². The van der Waals surface area contributed by atoms with Crippen LogP contribution in [0.2, 0.25) is 5.02 Å². The second-order valence-electron chi connectivity index (χ2n) is 5.09. The molecule has 0 aliphatic carbocycles. The molecule has 0 fully saturated rings. The summed E-state index contributed by atoms with van der Waals surface area (Å²) in [6, 6.07) is 15.4. The van der Waals surface area contributed by atoms with Crippen molar-refractivity contribution < 1.29 is 4.74 Å². The molecule has 0 atom stereocenters. The van der Waals surface area contributed by atoms with Crippen molar-refractivity contribution in [2.75, 3.05) is 6.61 Å². The molecule has 5 nitrogen and oxygen atoms in total. The quantitative estimate of drug-likeness (QED) is 0.537. The number of ether oxygens (including phenoxy) is 1. The van der Waals surface area contributed by atoms with Crippen molar-refractivity contribution in [2.45, 2.75) is 6.92 Å². The minimum atomic E-state index is 0.652. The summed E-state index contributed by atoms with van der Waals surface area (Å²) in [6.45, 7) is 2.62. The Kier molecular flexibility index (Phi) is 3.92. The molecule has 24 heavy (non-hydrogen) atoms. The molecule has 4 rings (SSSR count). The van der Waals surface area contributed by atoms with E-state index < -0.39 is 0 Å². The van der Waals surface area contributed by atoms with Crippen molar-refractivity contribution in [1.82, 2.24) is 19.8 Å². The van der Waals surface area contributed by atoms with Crippen molar-refractivity contribution in [2.24, 2.45) is 0 Å². The van der Waals surface area contributed by atoms with Crippen LogP contribution in [-0.4, -0.2) is 26.4 Å². The zero-order chi connectivity index (χ0) is 16.5. The summed E-state index contributed by atoms with van der Waals surface area (Å²) < 4.78 is 7.22. The minimum absolute atomic E-state index is 0.652. The maximum atomic E-state index is 6.07. The van der Waals surface area contributed by atoms with Crippen LogP contribution in [0.4, 0.5) is 0 Å². The SMILES string of the molecule is CCOc1ccc(-c2nn3c(-c4cccc(Cl)c4)nnc3s2)cc1. The number of hydrogen-bond donors (Lipinski definition) is 0. The monoisotopic (exact) mass is 356 g/mol. The molecule has 0 unspecified atom stereocenters. The summed E-state index contributed by atoms with van der Waals surface area (Å²) >= 11 is 7.56. The lowest BCUT2D eigenvalue weighted by Crippen LogP contribution is -1.92. The fourth-order valence-electron chi connectivity index (χ4n) is 2.40. The molecule has 0 aliphatic heterocycles. The van der Waals surface area contributed by atoms with Gasteiger partial charge in [-0.1, -0.05) is 35.1 Å². The van der Waals surface area contributed by atoms with Crippen molar-refractivity contribution in [3.05, 3.63) is 53.6 Å². The second-order valence-corrected chi connectivity index (χ2v) is 6.49. The molecule has 0 aliphatic rings. The third-order valence-electron chi connectivity index (χ3n) is 3.49. The predicted octanol–water partition coefficient (Wildman–Crippen LogP) is 4.57. The van der Waals surface area contributed by atoms with Gasteiger partial charge in [-0.3, -0.25) is 0 Å².